The smallest absolute Gasteiger partial charge is 0.416 e. The summed E-state index contributed by atoms with van der Waals surface area (Å²) in [5, 5.41) is 14.3. The number of aromatic nitrogens is 3. The predicted molar refractivity (Wildman–Crippen MR) is 126 cm³/mol. The summed E-state index contributed by atoms with van der Waals surface area (Å²) in [6.45, 7) is 1.12. The lowest BCUT2D eigenvalue weighted by atomic mass is 10.1. The Labute approximate surface area is 202 Å². The van der Waals surface area contributed by atoms with Crippen LogP contribution in [-0.2, 0) is 25.8 Å². The highest BCUT2D eigenvalue weighted by Crippen LogP contribution is 2.30. The first kappa shape index (κ1) is 23.6. The number of halogens is 4. The Balaban J connectivity index is 1.49. The Hall–Kier alpha value is -4.18. The monoisotopic (exact) mass is 496 g/mol. The number of nitrogens with zero attached hydrogens (tertiary/aromatic N) is 3. The third-order valence-electron chi connectivity index (χ3n) is 6.02. The van der Waals surface area contributed by atoms with E-state index < -0.39 is 17.3 Å². The third kappa shape index (κ3) is 4.55. The standard InChI is InChI=1S/C26H20F4N4O2/c27-20-7-3-17(4-8-20)14-33-15-18(12-31-11-16-1-5-19(6-2-16)26(28,29)30)23-21-9-10-34(36)25(35)24(21)32-13-22(23)33/h1-10,13,15,31,36H,11-12,14H2. The molecular weight excluding hydrogens is 476 g/mol. The van der Waals surface area contributed by atoms with Crippen LogP contribution in [-0.4, -0.2) is 19.5 Å². The number of benzene rings is 2. The van der Waals surface area contributed by atoms with Gasteiger partial charge in [-0.25, -0.2) is 9.37 Å². The minimum Gasteiger partial charge on any atom is -0.425 e. The summed E-state index contributed by atoms with van der Waals surface area (Å²) < 4.78 is 54.2. The van der Waals surface area contributed by atoms with E-state index in [-0.39, 0.29) is 11.3 Å². The van der Waals surface area contributed by atoms with Gasteiger partial charge in [-0.15, -0.1) is 0 Å². The Morgan fingerprint density at radius 2 is 1.64 bits per heavy atom. The van der Waals surface area contributed by atoms with Gasteiger partial charge in [0.15, 0.2) is 0 Å². The fraction of sp³-hybridized carbons (Fsp3) is 0.154. The van der Waals surface area contributed by atoms with Gasteiger partial charge >= 0.3 is 11.7 Å². The van der Waals surface area contributed by atoms with Crippen LogP contribution < -0.4 is 10.9 Å². The van der Waals surface area contributed by atoms with Crippen molar-refractivity contribution in [2.24, 2.45) is 0 Å². The largest absolute Gasteiger partial charge is 0.425 e. The van der Waals surface area contributed by atoms with Crippen LogP contribution in [0.4, 0.5) is 17.6 Å². The number of nitrogens with one attached hydrogen (secondary N) is 1. The zero-order valence-electron chi connectivity index (χ0n) is 18.8. The second-order valence-corrected chi connectivity index (χ2v) is 8.45. The highest BCUT2D eigenvalue weighted by atomic mass is 19.4. The molecule has 0 amide bonds. The average Bonchev–Trinajstić information content (AvgIpc) is 3.20. The van der Waals surface area contributed by atoms with Crippen molar-refractivity contribution < 1.29 is 22.8 Å². The Bertz CT molecular complexity index is 1600. The van der Waals surface area contributed by atoms with Gasteiger partial charge in [0.25, 0.3) is 0 Å². The van der Waals surface area contributed by atoms with Gasteiger partial charge < -0.3 is 15.1 Å². The lowest BCUT2D eigenvalue weighted by Gasteiger charge is -2.09. The van der Waals surface area contributed by atoms with E-state index in [0.717, 1.165) is 34.2 Å². The molecule has 0 bridgehead atoms. The van der Waals surface area contributed by atoms with E-state index in [1.54, 1.807) is 24.4 Å². The molecule has 0 unspecified atom stereocenters. The molecule has 6 nitrogen and oxygen atoms in total. The van der Waals surface area contributed by atoms with Gasteiger partial charge in [-0.3, -0.25) is 4.79 Å². The van der Waals surface area contributed by atoms with Gasteiger partial charge in [0, 0.05) is 42.8 Å². The van der Waals surface area contributed by atoms with E-state index in [1.807, 2.05) is 10.8 Å². The number of hydrogen-bond acceptors (Lipinski definition) is 4. The SMILES string of the molecule is O=c1c2ncc3c(c(CNCc4ccc(C(F)(F)F)cc4)cn3Cc3ccc(F)cc3)c2ccn1O. The molecule has 10 heteroatoms. The topological polar surface area (TPSA) is 72.1 Å². The van der Waals surface area contributed by atoms with E-state index in [4.69, 9.17) is 0 Å². The highest BCUT2D eigenvalue weighted by molar-refractivity contribution is 6.06. The van der Waals surface area contributed by atoms with Crippen molar-refractivity contribution in [3.05, 3.63) is 112 Å². The molecule has 36 heavy (non-hydrogen) atoms. The van der Waals surface area contributed by atoms with Gasteiger partial charge in [-0.05, 0) is 47.0 Å². The molecule has 5 rings (SSSR count). The van der Waals surface area contributed by atoms with Crippen molar-refractivity contribution in [3.8, 4) is 0 Å². The minimum atomic E-state index is -4.39. The van der Waals surface area contributed by atoms with Gasteiger partial charge in [0.05, 0.1) is 17.3 Å². The summed E-state index contributed by atoms with van der Waals surface area (Å²) in [4.78, 5) is 16.7. The van der Waals surface area contributed by atoms with Crippen LogP contribution in [0.15, 0.2) is 78.0 Å². The zero-order valence-corrected chi connectivity index (χ0v) is 18.8. The van der Waals surface area contributed by atoms with E-state index >= 15 is 0 Å². The maximum absolute atomic E-state index is 13.4. The van der Waals surface area contributed by atoms with Gasteiger partial charge in [0.2, 0.25) is 0 Å². The molecule has 0 aliphatic heterocycles. The number of hydrogen-bond donors (Lipinski definition) is 2. The number of rotatable bonds is 6. The summed E-state index contributed by atoms with van der Waals surface area (Å²) in [6.07, 6.45) is 0.324. The molecule has 5 aromatic rings. The lowest BCUT2D eigenvalue weighted by molar-refractivity contribution is -0.137. The first-order valence-corrected chi connectivity index (χ1v) is 11.0. The molecule has 0 aliphatic carbocycles. The second-order valence-electron chi connectivity index (χ2n) is 8.45. The maximum atomic E-state index is 13.4. The fourth-order valence-corrected chi connectivity index (χ4v) is 4.25. The van der Waals surface area contributed by atoms with Gasteiger partial charge in [0.1, 0.15) is 11.3 Å². The molecular formula is C26H20F4N4O2. The van der Waals surface area contributed by atoms with Crippen LogP contribution in [0.25, 0.3) is 21.8 Å². The quantitative estimate of drug-likeness (QED) is 0.254. The van der Waals surface area contributed by atoms with Crippen LogP contribution in [0, 0.1) is 5.82 Å². The summed E-state index contributed by atoms with van der Waals surface area (Å²) in [5.74, 6) is -0.336. The molecule has 0 fully saturated rings. The van der Waals surface area contributed by atoms with Crippen LogP contribution in [0.1, 0.15) is 22.3 Å². The molecule has 184 valence electrons. The zero-order chi connectivity index (χ0) is 25.4. The molecule has 0 atom stereocenters. The molecule has 0 saturated heterocycles. The molecule has 0 saturated carbocycles. The molecule has 0 aliphatic rings. The maximum Gasteiger partial charge on any atom is 0.416 e. The first-order chi connectivity index (χ1) is 17.2. The molecule has 3 heterocycles. The lowest BCUT2D eigenvalue weighted by Crippen LogP contribution is -2.17. The van der Waals surface area contributed by atoms with E-state index in [1.165, 1.54) is 30.5 Å². The van der Waals surface area contributed by atoms with Crippen LogP contribution in [0.5, 0.6) is 0 Å². The molecule has 2 aromatic carbocycles. The second kappa shape index (κ2) is 9.12. The molecule has 0 spiro atoms. The minimum absolute atomic E-state index is 0.107. The highest BCUT2D eigenvalue weighted by Gasteiger charge is 2.29. The Morgan fingerprint density at radius 1 is 0.944 bits per heavy atom. The third-order valence-corrected chi connectivity index (χ3v) is 6.02. The summed E-state index contributed by atoms with van der Waals surface area (Å²) >= 11 is 0. The van der Waals surface area contributed by atoms with Crippen molar-refractivity contribution >= 4 is 21.8 Å². The average molecular weight is 496 g/mol. The van der Waals surface area contributed by atoms with Gasteiger partial charge in [-0.2, -0.15) is 17.9 Å². The number of pyridine rings is 2. The van der Waals surface area contributed by atoms with Crippen molar-refractivity contribution in [1.82, 2.24) is 19.6 Å². The Morgan fingerprint density at radius 3 is 2.33 bits per heavy atom. The molecule has 0 radical (unpaired) electrons. The van der Waals surface area contributed by atoms with Crippen molar-refractivity contribution in [2.75, 3.05) is 0 Å². The predicted octanol–water partition coefficient (Wildman–Crippen LogP) is 5.08. The van der Waals surface area contributed by atoms with Crippen molar-refractivity contribution in [3.63, 3.8) is 0 Å². The number of alkyl halides is 3. The van der Waals surface area contributed by atoms with E-state index in [0.29, 0.717) is 35.3 Å². The Kier molecular flexibility index (Phi) is 5.97. The van der Waals surface area contributed by atoms with Crippen LogP contribution in [0.3, 0.4) is 0 Å². The van der Waals surface area contributed by atoms with Crippen molar-refractivity contribution in [1.29, 1.82) is 0 Å². The van der Waals surface area contributed by atoms with Crippen LogP contribution >= 0.6 is 0 Å². The van der Waals surface area contributed by atoms with E-state index in [2.05, 4.69) is 10.3 Å². The fourth-order valence-electron chi connectivity index (χ4n) is 4.25. The van der Waals surface area contributed by atoms with Crippen LogP contribution in [0.2, 0.25) is 0 Å². The van der Waals surface area contributed by atoms with Crippen molar-refractivity contribution in [2.45, 2.75) is 25.8 Å². The first-order valence-electron chi connectivity index (χ1n) is 11.0. The normalized spacial score (nSPS) is 12.0. The van der Waals surface area contributed by atoms with Gasteiger partial charge in [-0.1, -0.05) is 24.3 Å². The molecule has 3 aromatic heterocycles. The van der Waals surface area contributed by atoms with E-state index in [9.17, 15) is 27.6 Å². The summed E-state index contributed by atoms with van der Waals surface area (Å²) in [6, 6.07) is 12.7. The summed E-state index contributed by atoms with van der Waals surface area (Å²) in [7, 11) is 0. The molecule has 2 N–H and O–H groups in total. The summed E-state index contributed by atoms with van der Waals surface area (Å²) in [5.41, 5.74) is 1.88. The number of fused-ring (bicyclic) bond motifs is 3.